The Morgan fingerprint density at radius 2 is 1.95 bits per heavy atom. The first-order chi connectivity index (χ1) is 9.54. The van der Waals surface area contributed by atoms with Gasteiger partial charge < -0.3 is 0 Å². The molecule has 3 rings (SSSR count). The van der Waals surface area contributed by atoms with Crippen molar-refractivity contribution in [3.8, 4) is 5.82 Å². The number of aryl methyl sites for hydroxylation is 2. The van der Waals surface area contributed by atoms with Crippen LogP contribution in [0.15, 0.2) is 36.4 Å². The van der Waals surface area contributed by atoms with Crippen LogP contribution in [0.4, 0.5) is 5.69 Å². The molecule has 1 aromatic carbocycles. The molecular weight excluding hydrogens is 256 g/mol. The van der Waals surface area contributed by atoms with E-state index in [-0.39, 0.29) is 5.69 Å². The minimum atomic E-state index is -0.408. The van der Waals surface area contributed by atoms with E-state index in [1.165, 1.54) is 12.1 Å². The number of nitro groups is 1. The molecule has 0 aliphatic rings. The molecule has 2 aromatic heterocycles. The van der Waals surface area contributed by atoms with Crippen molar-refractivity contribution in [3.05, 3.63) is 57.9 Å². The van der Waals surface area contributed by atoms with Crippen LogP contribution in [0.5, 0.6) is 0 Å². The normalized spacial score (nSPS) is 10.9. The van der Waals surface area contributed by atoms with Gasteiger partial charge in [0, 0.05) is 23.2 Å². The standard InChI is InChI=1S/C14H12N4O2/c1-9-7-10(2)17(16-9)14-6-3-11-8-12(18(19)20)4-5-13(11)15-14/h3-8H,1-2H3. The van der Waals surface area contributed by atoms with Crippen molar-refractivity contribution in [1.82, 2.24) is 14.8 Å². The van der Waals surface area contributed by atoms with Crippen LogP contribution in [-0.2, 0) is 0 Å². The third-order valence-electron chi connectivity index (χ3n) is 3.10. The van der Waals surface area contributed by atoms with E-state index in [1.54, 1.807) is 10.7 Å². The van der Waals surface area contributed by atoms with Crippen molar-refractivity contribution in [2.45, 2.75) is 13.8 Å². The Bertz CT molecular complexity index is 823. The Kier molecular flexibility index (Phi) is 2.71. The van der Waals surface area contributed by atoms with Crippen LogP contribution >= 0.6 is 0 Å². The summed E-state index contributed by atoms with van der Waals surface area (Å²) in [5.74, 6) is 0.706. The molecule has 100 valence electrons. The van der Waals surface area contributed by atoms with Gasteiger partial charge in [-0.3, -0.25) is 10.1 Å². The highest BCUT2D eigenvalue weighted by Gasteiger charge is 2.09. The summed E-state index contributed by atoms with van der Waals surface area (Å²) >= 11 is 0. The molecule has 0 N–H and O–H groups in total. The van der Waals surface area contributed by atoms with Crippen LogP contribution in [0, 0.1) is 24.0 Å². The van der Waals surface area contributed by atoms with Crippen molar-refractivity contribution in [2.24, 2.45) is 0 Å². The lowest BCUT2D eigenvalue weighted by Crippen LogP contribution is -2.01. The van der Waals surface area contributed by atoms with Gasteiger partial charge in [-0.05, 0) is 38.1 Å². The second kappa shape index (κ2) is 4.41. The third-order valence-corrected chi connectivity index (χ3v) is 3.10. The topological polar surface area (TPSA) is 73.8 Å². The smallest absolute Gasteiger partial charge is 0.258 e. The number of fused-ring (bicyclic) bond motifs is 1. The summed E-state index contributed by atoms with van der Waals surface area (Å²) in [7, 11) is 0. The Morgan fingerprint density at radius 3 is 2.60 bits per heavy atom. The van der Waals surface area contributed by atoms with Gasteiger partial charge in [-0.25, -0.2) is 9.67 Å². The molecule has 0 bridgehead atoms. The molecule has 0 aliphatic carbocycles. The predicted molar refractivity (Wildman–Crippen MR) is 75.0 cm³/mol. The van der Waals surface area contributed by atoms with Gasteiger partial charge in [0.05, 0.1) is 16.1 Å². The second-order valence-electron chi connectivity index (χ2n) is 4.64. The molecule has 0 atom stereocenters. The van der Waals surface area contributed by atoms with Gasteiger partial charge in [0.25, 0.3) is 5.69 Å². The molecule has 3 aromatic rings. The molecule has 0 saturated carbocycles. The molecule has 20 heavy (non-hydrogen) atoms. The lowest BCUT2D eigenvalue weighted by atomic mass is 10.2. The van der Waals surface area contributed by atoms with E-state index >= 15 is 0 Å². The van der Waals surface area contributed by atoms with Crippen LogP contribution in [0.3, 0.4) is 0 Å². The number of hydrogen-bond acceptors (Lipinski definition) is 4. The van der Waals surface area contributed by atoms with Gasteiger partial charge in [0.2, 0.25) is 0 Å². The average molecular weight is 268 g/mol. The maximum Gasteiger partial charge on any atom is 0.270 e. The highest BCUT2D eigenvalue weighted by atomic mass is 16.6. The molecule has 0 radical (unpaired) electrons. The Labute approximate surface area is 114 Å². The number of nitro benzene ring substituents is 1. The number of pyridine rings is 1. The van der Waals surface area contributed by atoms with Crippen molar-refractivity contribution < 1.29 is 4.92 Å². The van der Waals surface area contributed by atoms with Crippen molar-refractivity contribution in [1.29, 1.82) is 0 Å². The van der Waals surface area contributed by atoms with E-state index in [0.29, 0.717) is 11.3 Å². The average Bonchev–Trinajstić information content (AvgIpc) is 2.76. The first kappa shape index (κ1) is 12.3. The highest BCUT2D eigenvalue weighted by Crippen LogP contribution is 2.21. The summed E-state index contributed by atoms with van der Waals surface area (Å²) in [5.41, 5.74) is 2.70. The van der Waals surface area contributed by atoms with Gasteiger partial charge in [0.15, 0.2) is 5.82 Å². The van der Waals surface area contributed by atoms with E-state index in [1.807, 2.05) is 32.0 Å². The fourth-order valence-corrected chi connectivity index (χ4v) is 2.19. The van der Waals surface area contributed by atoms with Gasteiger partial charge >= 0.3 is 0 Å². The van der Waals surface area contributed by atoms with E-state index in [2.05, 4.69) is 10.1 Å². The predicted octanol–water partition coefficient (Wildman–Crippen LogP) is 2.95. The number of non-ortho nitro benzene ring substituents is 1. The Balaban J connectivity index is 2.14. The third kappa shape index (κ3) is 2.01. The molecule has 0 fully saturated rings. The summed E-state index contributed by atoms with van der Waals surface area (Å²) in [4.78, 5) is 14.8. The molecule has 2 heterocycles. The van der Waals surface area contributed by atoms with Gasteiger partial charge in [-0.1, -0.05) is 0 Å². The summed E-state index contributed by atoms with van der Waals surface area (Å²) in [6, 6.07) is 10.2. The number of nitrogens with zero attached hydrogens (tertiary/aromatic N) is 4. The molecule has 0 spiro atoms. The van der Waals surface area contributed by atoms with Crippen LogP contribution in [-0.4, -0.2) is 19.7 Å². The van der Waals surface area contributed by atoms with E-state index in [0.717, 1.165) is 16.8 Å². The SMILES string of the molecule is Cc1cc(C)n(-c2ccc3cc([N+](=O)[O-])ccc3n2)n1. The molecular formula is C14H12N4O2. The van der Waals surface area contributed by atoms with Crippen molar-refractivity contribution >= 4 is 16.6 Å². The number of rotatable bonds is 2. The van der Waals surface area contributed by atoms with Gasteiger partial charge in [-0.15, -0.1) is 0 Å². The minimum Gasteiger partial charge on any atom is -0.258 e. The van der Waals surface area contributed by atoms with Crippen LogP contribution in [0.2, 0.25) is 0 Å². The maximum atomic E-state index is 10.8. The number of aromatic nitrogens is 3. The zero-order valence-electron chi connectivity index (χ0n) is 11.1. The highest BCUT2D eigenvalue weighted by molar-refractivity contribution is 5.81. The van der Waals surface area contributed by atoms with Crippen LogP contribution in [0.1, 0.15) is 11.4 Å². The first-order valence-corrected chi connectivity index (χ1v) is 6.13. The summed E-state index contributed by atoms with van der Waals surface area (Å²) in [6.07, 6.45) is 0. The van der Waals surface area contributed by atoms with E-state index in [4.69, 9.17) is 0 Å². The lowest BCUT2D eigenvalue weighted by Gasteiger charge is -2.05. The van der Waals surface area contributed by atoms with Crippen LogP contribution in [0.25, 0.3) is 16.7 Å². The molecule has 0 saturated heterocycles. The number of hydrogen-bond donors (Lipinski definition) is 0. The summed E-state index contributed by atoms with van der Waals surface area (Å²) in [6.45, 7) is 3.88. The molecule has 0 aliphatic heterocycles. The van der Waals surface area contributed by atoms with E-state index in [9.17, 15) is 10.1 Å². The lowest BCUT2D eigenvalue weighted by molar-refractivity contribution is -0.384. The maximum absolute atomic E-state index is 10.8. The molecule has 0 amide bonds. The molecule has 0 unspecified atom stereocenters. The zero-order chi connectivity index (χ0) is 14.3. The second-order valence-corrected chi connectivity index (χ2v) is 4.64. The Morgan fingerprint density at radius 1 is 1.15 bits per heavy atom. The zero-order valence-corrected chi connectivity index (χ0v) is 11.1. The van der Waals surface area contributed by atoms with Crippen LogP contribution < -0.4 is 0 Å². The van der Waals surface area contributed by atoms with Gasteiger partial charge in [0.1, 0.15) is 0 Å². The number of benzene rings is 1. The monoisotopic (exact) mass is 268 g/mol. The molecule has 6 nitrogen and oxygen atoms in total. The largest absolute Gasteiger partial charge is 0.270 e. The fraction of sp³-hybridized carbons (Fsp3) is 0.143. The Hall–Kier alpha value is -2.76. The quantitative estimate of drug-likeness (QED) is 0.529. The fourth-order valence-electron chi connectivity index (χ4n) is 2.19. The first-order valence-electron chi connectivity index (χ1n) is 6.13. The minimum absolute atomic E-state index is 0.0677. The van der Waals surface area contributed by atoms with Crippen molar-refractivity contribution in [3.63, 3.8) is 0 Å². The summed E-state index contributed by atoms with van der Waals surface area (Å²) < 4.78 is 1.76. The van der Waals surface area contributed by atoms with E-state index < -0.39 is 4.92 Å². The van der Waals surface area contributed by atoms with Crippen molar-refractivity contribution in [2.75, 3.05) is 0 Å². The summed E-state index contributed by atoms with van der Waals surface area (Å²) in [5, 5.41) is 15.9. The molecule has 6 heteroatoms. The van der Waals surface area contributed by atoms with Gasteiger partial charge in [-0.2, -0.15) is 5.10 Å².